The van der Waals surface area contributed by atoms with Crippen molar-refractivity contribution >= 4 is 34.6 Å². The van der Waals surface area contributed by atoms with E-state index < -0.39 is 0 Å². The van der Waals surface area contributed by atoms with Gasteiger partial charge in [0.25, 0.3) is 0 Å². The van der Waals surface area contributed by atoms with Crippen LogP contribution < -0.4 is 5.01 Å². The van der Waals surface area contributed by atoms with Crippen LogP contribution in [0.15, 0.2) is 71.8 Å². The molecule has 0 bridgehead atoms. The largest absolute Gasteiger partial charge is 0.256 e. The molecular formula is C21H14Cl2F2N2. The highest BCUT2D eigenvalue weighted by atomic mass is 35.5. The fourth-order valence-electron chi connectivity index (χ4n) is 3.20. The Morgan fingerprint density at radius 1 is 0.926 bits per heavy atom. The van der Waals surface area contributed by atoms with E-state index in [0.29, 0.717) is 33.4 Å². The first-order chi connectivity index (χ1) is 13.0. The zero-order chi connectivity index (χ0) is 19.0. The summed E-state index contributed by atoms with van der Waals surface area (Å²) in [7, 11) is 0. The summed E-state index contributed by atoms with van der Waals surface area (Å²) < 4.78 is 27.7. The van der Waals surface area contributed by atoms with Crippen molar-refractivity contribution in [3.05, 3.63) is 99.5 Å². The average molecular weight is 403 g/mol. The van der Waals surface area contributed by atoms with Crippen molar-refractivity contribution in [1.29, 1.82) is 0 Å². The molecule has 0 aromatic heterocycles. The number of hydrogen-bond donors (Lipinski definition) is 0. The molecular weight excluding hydrogens is 389 g/mol. The summed E-state index contributed by atoms with van der Waals surface area (Å²) in [5, 5.41) is 7.36. The van der Waals surface area contributed by atoms with E-state index in [2.05, 4.69) is 5.10 Å². The molecule has 0 fully saturated rings. The van der Waals surface area contributed by atoms with Crippen LogP contribution in [0.1, 0.15) is 23.6 Å². The quantitative estimate of drug-likeness (QED) is 0.480. The molecule has 0 spiro atoms. The van der Waals surface area contributed by atoms with E-state index >= 15 is 0 Å². The Hall–Kier alpha value is -2.43. The van der Waals surface area contributed by atoms with E-state index in [1.807, 2.05) is 0 Å². The van der Waals surface area contributed by atoms with Crippen molar-refractivity contribution in [1.82, 2.24) is 0 Å². The molecule has 1 aliphatic rings. The van der Waals surface area contributed by atoms with Crippen molar-refractivity contribution in [3.8, 4) is 0 Å². The molecule has 1 atom stereocenters. The van der Waals surface area contributed by atoms with Crippen LogP contribution in [0, 0.1) is 11.6 Å². The molecule has 6 heteroatoms. The molecule has 27 heavy (non-hydrogen) atoms. The van der Waals surface area contributed by atoms with Crippen molar-refractivity contribution in [2.45, 2.75) is 12.5 Å². The second-order valence-electron chi connectivity index (χ2n) is 6.24. The molecule has 0 saturated carbocycles. The summed E-state index contributed by atoms with van der Waals surface area (Å²) in [6.07, 6.45) is 0.454. The highest BCUT2D eigenvalue weighted by molar-refractivity contribution is 6.35. The maximum absolute atomic E-state index is 14.3. The predicted molar refractivity (Wildman–Crippen MR) is 106 cm³/mol. The molecule has 3 aromatic rings. The fraction of sp³-hybridized carbons (Fsp3) is 0.0952. The predicted octanol–water partition coefficient (Wildman–Crippen LogP) is 6.63. The molecule has 0 N–H and O–H groups in total. The number of hydrazone groups is 1. The Kier molecular flexibility index (Phi) is 4.85. The van der Waals surface area contributed by atoms with E-state index in [-0.39, 0.29) is 17.7 Å². The Morgan fingerprint density at radius 3 is 2.41 bits per heavy atom. The molecule has 1 heterocycles. The summed E-state index contributed by atoms with van der Waals surface area (Å²) >= 11 is 12.5. The first kappa shape index (κ1) is 18.0. The fourth-order valence-corrected chi connectivity index (χ4v) is 3.57. The summed E-state index contributed by atoms with van der Waals surface area (Å²) in [5.41, 5.74) is 2.50. The van der Waals surface area contributed by atoms with E-state index in [1.165, 1.54) is 18.2 Å². The topological polar surface area (TPSA) is 15.6 Å². The monoisotopic (exact) mass is 402 g/mol. The standard InChI is InChI=1S/C21H14Cl2F2N2/c22-14-7-10-17(23)21(11-14)27-20(13-5-8-15(24)9-6-13)12-19(26-27)16-3-1-2-4-18(16)25/h1-11,20H,12H2/t20-/m1/s1. The third kappa shape index (κ3) is 3.55. The van der Waals surface area contributed by atoms with Gasteiger partial charge in [0.1, 0.15) is 11.6 Å². The minimum Gasteiger partial charge on any atom is -0.256 e. The lowest BCUT2D eigenvalue weighted by molar-refractivity contribution is 0.623. The van der Waals surface area contributed by atoms with Crippen LogP contribution in [-0.2, 0) is 0 Å². The highest BCUT2D eigenvalue weighted by Gasteiger charge is 2.32. The second kappa shape index (κ2) is 7.29. The van der Waals surface area contributed by atoms with Crippen molar-refractivity contribution in [2.75, 3.05) is 5.01 Å². The van der Waals surface area contributed by atoms with Gasteiger partial charge in [-0.15, -0.1) is 0 Å². The summed E-state index contributed by atoms with van der Waals surface area (Å²) in [6.45, 7) is 0. The number of anilines is 1. The zero-order valence-electron chi connectivity index (χ0n) is 14.0. The highest BCUT2D eigenvalue weighted by Crippen LogP contribution is 2.41. The molecule has 3 aromatic carbocycles. The van der Waals surface area contributed by atoms with Gasteiger partial charge < -0.3 is 0 Å². The van der Waals surface area contributed by atoms with Gasteiger partial charge in [0, 0.05) is 17.0 Å². The van der Waals surface area contributed by atoms with Crippen LogP contribution in [0.3, 0.4) is 0 Å². The van der Waals surface area contributed by atoms with E-state index in [0.717, 1.165) is 5.56 Å². The number of benzene rings is 3. The van der Waals surface area contributed by atoms with Crippen LogP contribution in [0.2, 0.25) is 10.0 Å². The number of halogens is 4. The number of hydrogen-bond acceptors (Lipinski definition) is 2. The van der Waals surface area contributed by atoms with Gasteiger partial charge in [-0.05, 0) is 42.0 Å². The van der Waals surface area contributed by atoms with Gasteiger partial charge in [0.15, 0.2) is 0 Å². The van der Waals surface area contributed by atoms with Crippen LogP contribution in [-0.4, -0.2) is 5.71 Å². The smallest absolute Gasteiger partial charge is 0.132 e. The van der Waals surface area contributed by atoms with Crippen molar-refractivity contribution in [2.24, 2.45) is 5.10 Å². The Morgan fingerprint density at radius 2 is 1.67 bits per heavy atom. The second-order valence-corrected chi connectivity index (χ2v) is 7.08. The maximum atomic E-state index is 14.3. The van der Waals surface area contributed by atoms with E-state index in [1.54, 1.807) is 53.5 Å². The third-order valence-electron chi connectivity index (χ3n) is 4.50. The van der Waals surface area contributed by atoms with Crippen molar-refractivity contribution < 1.29 is 8.78 Å². The van der Waals surface area contributed by atoms with Crippen LogP contribution in [0.25, 0.3) is 0 Å². The van der Waals surface area contributed by atoms with Gasteiger partial charge in [0.2, 0.25) is 0 Å². The number of nitrogens with zero attached hydrogens (tertiary/aromatic N) is 2. The Balaban J connectivity index is 1.82. The zero-order valence-corrected chi connectivity index (χ0v) is 15.6. The summed E-state index contributed by atoms with van der Waals surface area (Å²) in [4.78, 5) is 0. The van der Waals surface area contributed by atoms with Gasteiger partial charge in [-0.25, -0.2) is 8.78 Å². The molecule has 4 rings (SSSR count). The third-order valence-corrected chi connectivity index (χ3v) is 5.06. The van der Waals surface area contributed by atoms with Gasteiger partial charge in [-0.2, -0.15) is 5.10 Å². The van der Waals surface area contributed by atoms with Gasteiger partial charge >= 0.3 is 0 Å². The number of rotatable bonds is 3. The van der Waals surface area contributed by atoms with Crippen LogP contribution in [0.4, 0.5) is 14.5 Å². The van der Waals surface area contributed by atoms with Crippen LogP contribution in [0.5, 0.6) is 0 Å². The molecule has 0 amide bonds. The van der Waals surface area contributed by atoms with Crippen LogP contribution >= 0.6 is 23.2 Å². The lowest BCUT2D eigenvalue weighted by atomic mass is 9.98. The van der Waals surface area contributed by atoms with E-state index in [4.69, 9.17) is 23.2 Å². The molecule has 0 unspecified atom stereocenters. The molecule has 1 aliphatic heterocycles. The van der Waals surface area contributed by atoms with Crippen molar-refractivity contribution in [3.63, 3.8) is 0 Å². The average Bonchev–Trinajstić information content (AvgIpc) is 3.09. The molecule has 0 aliphatic carbocycles. The molecule has 136 valence electrons. The summed E-state index contributed by atoms with van der Waals surface area (Å²) in [6, 6.07) is 17.5. The van der Waals surface area contributed by atoms with Gasteiger partial charge in [-0.1, -0.05) is 53.5 Å². The molecule has 0 radical (unpaired) electrons. The minimum absolute atomic E-state index is 0.254. The Bertz CT molecular complexity index is 1020. The first-order valence-electron chi connectivity index (χ1n) is 8.35. The maximum Gasteiger partial charge on any atom is 0.132 e. The molecule has 2 nitrogen and oxygen atoms in total. The minimum atomic E-state index is -0.340. The Labute approximate surface area is 165 Å². The SMILES string of the molecule is Fc1ccc([C@H]2CC(c3ccccc3F)=NN2c2cc(Cl)ccc2Cl)cc1. The molecule has 0 saturated heterocycles. The van der Waals surface area contributed by atoms with Gasteiger partial charge in [-0.3, -0.25) is 5.01 Å². The first-order valence-corrected chi connectivity index (χ1v) is 9.10. The van der Waals surface area contributed by atoms with Gasteiger partial charge in [0.05, 0.1) is 22.5 Å². The normalized spacial score (nSPS) is 16.5. The van der Waals surface area contributed by atoms with E-state index in [9.17, 15) is 8.78 Å². The lowest BCUT2D eigenvalue weighted by Crippen LogP contribution is -2.19. The summed E-state index contributed by atoms with van der Waals surface area (Å²) in [5.74, 6) is -0.660. The lowest BCUT2D eigenvalue weighted by Gasteiger charge is -2.25.